The van der Waals surface area contributed by atoms with E-state index in [0.717, 1.165) is 48.0 Å². The van der Waals surface area contributed by atoms with Gasteiger partial charge in [0.1, 0.15) is 5.75 Å². The zero-order chi connectivity index (χ0) is 15.4. The van der Waals surface area contributed by atoms with Crippen LogP contribution < -0.4 is 10.1 Å². The Morgan fingerprint density at radius 2 is 2.10 bits per heavy atom. The number of ether oxygens (including phenoxy) is 1. The van der Waals surface area contributed by atoms with Gasteiger partial charge in [-0.3, -0.25) is 0 Å². The molecule has 5 heteroatoms. The van der Waals surface area contributed by atoms with Gasteiger partial charge < -0.3 is 10.1 Å². The maximum Gasteiger partial charge on any atom is 0.222 e. The summed E-state index contributed by atoms with van der Waals surface area (Å²) in [4.78, 5) is 0. The predicted molar refractivity (Wildman–Crippen MR) is 86.2 cm³/mol. The Labute approximate surface area is 131 Å². The van der Waals surface area contributed by atoms with E-state index in [0.29, 0.717) is 5.02 Å². The van der Waals surface area contributed by atoms with Crippen molar-refractivity contribution in [3.8, 4) is 11.6 Å². The van der Waals surface area contributed by atoms with Crippen molar-refractivity contribution >= 4 is 11.6 Å². The van der Waals surface area contributed by atoms with Gasteiger partial charge in [0.25, 0.3) is 0 Å². The first-order valence-corrected chi connectivity index (χ1v) is 7.58. The van der Waals surface area contributed by atoms with Crippen LogP contribution in [-0.2, 0) is 13.6 Å². The molecule has 0 aliphatic rings. The van der Waals surface area contributed by atoms with Crippen molar-refractivity contribution in [2.45, 2.75) is 33.7 Å². The van der Waals surface area contributed by atoms with Gasteiger partial charge in [-0.15, -0.1) is 0 Å². The topological polar surface area (TPSA) is 39.1 Å². The Morgan fingerprint density at radius 3 is 2.81 bits per heavy atom. The summed E-state index contributed by atoms with van der Waals surface area (Å²) in [6.45, 7) is 7.88. The highest BCUT2D eigenvalue weighted by atomic mass is 35.5. The van der Waals surface area contributed by atoms with Crippen LogP contribution in [0.4, 0.5) is 0 Å². The van der Waals surface area contributed by atoms with Crippen LogP contribution in [0.5, 0.6) is 11.6 Å². The fourth-order valence-electron chi connectivity index (χ4n) is 2.19. The van der Waals surface area contributed by atoms with E-state index in [1.54, 1.807) is 4.68 Å². The van der Waals surface area contributed by atoms with Gasteiger partial charge in [0, 0.05) is 18.6 Å². The van der Waals surface area contributed by atoms with Crippen molar-refractivity contribution in [3.05, 3.63) is 40.0 Å². The Hall–Kier alpha value is -1.52. The average Bonchev–Trinajstić information content (AvgIpc) is 2.70. The molecule has 4 nitrogen and oxygen atoms in total. The summed E-state index contributed by atoms with van der Waals surface area (Å²) in [5, 5.41) is 8.52. The minimum Gasteiger partial charge on any atom is -0.439 e. The van der Waals surface area contributed by atoms with E-state index >= 15 is 0 Å². The summed E-state index contributed by atoms with van der Waals surface area (Å²) in [5.74, 6) is 1.53. The molecule has 21 heavy (non-hydrogen) atoms. The maximum atomic E-state index is 6.08. The third-order valence-corrected chi connectivity index (χ3v) is 3.61. The van der Waals surface area contributed by atoms with Crippen molar-refractivity contribution < 1.29 is 4.74 Å². The molecule has 0 bridgehead atoms. The molecule has 0 fully saturated rings. The lowest BCUT2D eigenvalue weighted by Crippen LogP contribution is -2.14. The molecule has 0 radical (unpaired) electrons. The summed E-state index contributed by atoms with van der Waals surface area (Å²) in [5.41, 5.74) is 3.12. The zero-order valence-corrected chi connectivity index (χ0v) is 13.8. The van der Waals surface area contributed by atoms with Gasteiger partial charge in [-0.1, -0.05) is 24.6 Å². The van der Waals surface area contributed by atoms with Gasteiger partial charge in [-0.2, -0.15) is 5.10 Å². The smallest absolute Gasteiger partial charge is 0.222 e. The molecule has 0 saturated heterocycles. The van der Waals surface area contributed by atoms with Crippen LogP contribution in [-0.4, -0.2) is 16.3 Å². The van der Waals surface area contributed by atoms with Crippen LogP contribution in [0.15, 0.2) is 18.2 Å². The monoisotopic (exact) mass is 307 g/mol. The minimum atomic E-state index is 0.667. The number of hydrogen-bond acceptors (Lipinski definition) is 3. The third kappa shape index (κ3) is 3.77. The molecule has 1 aromatic heterocycles. The third-order valence-electron chi connectivity index (χ3n) is 3.37. The molecule has 0 spiro atoms. The van der Waals surface area contributed by atoms with Crippen molar-refractivity contribution in [2.75, 3.05) is 6.54 Å². The van der Waals surface area contributed by atoms with Gasteiger partial charge in [0.05, 0.1) is 11.3 Å². The largest absolute Gasteiger partial charge is 0.439 e. The average molecular weight is 308 g/mol. The Bertz CT molecular complexity index is 622. The maximum absolute atomic E-state index is 6.08. The summed E-state index contributed by atoms with van der Waals surface area (Å²) in [7, 11) is 1.89. The second-order valence-corrected chi connectivity index (χ2v) is 5.62. The number of halogens is 1. The van der Waals surface area contributed by atoms with Crippen molar-refractivity contribution in [1.29, 1.82) is 0 Å². The SMILES string of the molecule is CCCNCc1c(C)nn(C)c1Oc1cc(Cl)ccc1C. The normalized spacial score (nSPS) is 10.9. The Kier molecular flexibility index (Phi) is 5.26. The molecule has 0 unspecified atom stereocenters. The number of nitrogens with one attached hydrogen (secondary N) is 1. The molecule has 2 aromatic rings. The van der Waals surface area contributed by atoms with Crippen molar-refractivity contribution in [1.82, 2.24) is 15.1 Å². The van der Waals surface area contributed by atoms with E-state index in [9.17, 15) is 0 Å². The number of rotatable bonds is 6. The van der Waals surface area contributed by atoms with E-state index in [2.05, 4.69) is 17.3 Å². The number of hydrogen-bond donors (Lipinski definition) is 1. The molecule has 2 rings (SSSR count). The fourth-order valence-corrected chi connectivity index (χ4v) is 2.35. The van der Waals surface area contributed by atoms with Gasteiger partial charge in [0.2, 0.25) is 5.88 Å². The molecule has 1 heterocycles. The summed E-state index contributed by atoms with van der Waals surface area (Å²) in [6, 6.07) is 5.65. The minimum absolute atomic E-state index is 0.667. The molecule has 0 atom stereocenters. The molecule has 114 valence electrons. The van der Waals surface area contributed by atoms with Gasteiger partial charge >= 0.3 is 0 Å². The lowest BCUT2D eigenvalue weighted by molar-refractivity contribution is 0.421. The van der Waals surface area contributed by atoms with Crippen LogP contribution in [0.2, 0.25) is 5.02 Å². The van der Waals surface area contributed by atoms with Crippen LogP contribution in [0.25, 0.3) is 0 Å². The lowest BCUT2D eigenvalue weighted by Gasteiger charge is -2.12. The summed E-state index contributed by atoms with van der Waals surface area (Å²) in [6.07, 6.45) is 1.10. The quantitative estimate of drug-likeness (QED) is 0.820. The molecule has 1 N–H and O–H groups in total. The molecular weight excluding hydrogens is 286 g/mol. The van der Waals surface area contributed by atoms with Gasteiger partial charge in [-0.25, -0.2) is 4.68 Å². The fraction of sp³-hybridized carbons (Fsp3) is 0.438. The highest BCUT2D eigenvalue weighted by Gasteiger charge is 2.16. The molecule has 0 amide bonds. The van der Waals surface area contributed by atoms with Gasteiger partial charge in [-0.05, 0) is 44.5 Å². The highest BCUT2D eigenvalue weighted by Crippen LogP contribution is 2.31. The number of nitrogens with zero attached hydrogens (tertiary/aromatic N) is 2. The Morgan fingerprint density at radius 1 is 1.33 bits per heavy atom. The lowest BCUT2D eigenvalue weighted by atomic mass is 10.2. The van der Waals surface area contributed by atoms with Crippen LogP contribution >= 0.6 is 11.6 Å². The van der Waals surface area contributed by atoms with Crippen molar-refractivity contribution in [2.24, 2.45) is 7.05 Å². The highest BCUT2D eigenvalue weighted by molar-refractivity contribution is 6.30. The van der Waals surface area contributed by atoms with E-state index in [-0.39, 0.29) is 0 Å². The first-order valence-electron chi connectivity index (χ1n) is 7.20. The van der Waals surface area contributed by atoms with E-state index in [1.165, 1.54) is 0 Å². The van der Waals surface area contributed by atoms with E-state index < -0.39 is 0 Å². The Balaban J connectivity index is 2.28. The molecular formula is C16H22ClN3O. The van der Waals surface area contributed by atoms with E-state index in [4.69, 9.17) is 16.3 Å². The predicted octanol–water partition coefficient (Wildman–Crippen LogP) is 3.98. The second kappa shape index (κ2) is 6.96. The number of aromatic nitrogens is 2. The molecule has 0 aliphatic carbocycles. The first kappa shape index (κ1) is 15.9. The van der Waals surface area contributed by atoms with Gasteiger partial charge in [0.15, 0.2) is 0 Å². The number of benzene rings is 1. The second-order valence-electron chi connectivity index (χ2n) is 5.18. The van der Waals surface area contributed by atoms with Crippen LogP contribution in [0.1, 0.15) is 30.2 Å². The standard InChI is InChI=1S/C16H22ClN3O/c1-5-8-18-10-14-12(3)19-20(4)16(14)21-15-9-13(17)7-6-11(15)2/h6-7,9,18H,5,8,10H2,1-4H3. The first-order chi connectivity index (χ1) is 10.0. The van der Waals surface area contributed by atoms with Crippen LogP contribution in [0, 0.1) is 13.8 Å². The van der Waals surface area contributed by atoms with E-state index in [1.807, 2.05) is 39.1 Å². The number of aryl methyl sites for hydroxylation is 3. The van der Waals surface area contributed by atoms with Crippen LogP contribution in [0.3, 0.4) is 0 Å². The molecule has 1 aromatic carbocycles. The molecule has 0 saturated carbocycles. The molecule has 0 aliphatic heterocycles. The zero-order valence-electron chi connectivity index (χ0n) is 13.0. The summed E-state index contributed by atoms with van der Waals surface area (Å²) < 4.78 is 7.86. The van der Waals surface area contributed by atoms with Crippen molar-refractivity contribution in [3.63, 3.8) is 0 Å². The summed E-state index contributed by atoms with van der Waals surface area (Å²) >= 11 is 6.06.